The number of rotatable bonds is 3. The molecule has 2 fully saturated rings. The molecule has 1 aromatic carbocycles. The number of hydrogen-bond donors (Lipinski definition) is 0. The average Bonchev–Trinajstić information content (AvgIpc) is 3.05. The lowest BCUT2D eigenvalue weighted by molar-refractivity contribution is -0.134. The average molecular weight is 372 g/mol. The molecule has 1 amide bonds. The first-order chi connectivity index (χ1) is 11.4. The summed E-state index contributed by atoms with van der Waals surface area (Å²) in [4.78, 5) is 16.7. The minimum atomic E-state index is -3.34. The third-order valence-electron chi connectivity index (χ3n) is 4.70. The molecule has 0 saturated carbocycles. The fourth-order valence-corrected chi connectivity index (χ4v) is 4.84. The van der Waals surface area contributed by atoms with E-state index >= 15 is 0 Å². The van der Waals surface area contributed by atoms with E-state index in [9.17, 15) is 13.2 Å². The van der Waals surface area contributed by atoms with Crippen LogP contribution in [0.2, 0.25) is 5.02 Å². The van der Waals surface area contributed by atoms with Crippen LogP contribution in [0.5, 0.6) is 0 Å². The SMILES string of the molecule is CS(=O)(=O)N1CCCC1C(=O)N1CCN(c2ccccc2Cl)CC1. The predicted octanol–water partition coefficient (Wildman–Crippen LogP) is 1.41. The normalized spacial score (nSPS) is 22.8. The van der Waals surface area contributed by atoms with Crippen molar-refractivity contribution in [3.63, 3.8) is 0 Å². The molecule has 0 N–H and O–H groups in total. The summed E-state index contributed by atoms with van der Waals surface area (Å²) in [6, 6.07) is 7.14. The molecule has 0 aliphatic carbocycles. The molecular weight excluding hydrogens is 350 g/mol. The van der Waals surface area contributed by atoms with Gasteiger partial charge in [0.15, 0.2) is 0 Å². The molecule has 8 heteroatoms. The molecule has 1 atom stereocenters. The van der Waals surface area contributed by atoms with Gasteiger partial charge in [-0.1, -0.05) is 23.7 Å². The van der Waals surface area contributed by atoms with Crippen molar-refractivity contribution < 1.29 is 13.2 Å². The molecule has 2 saturated heterocycles. The number of carbonyl (C=O) groups is 1. The maximum absolute atomic E-state index is 12.7. The van der Waals surface area contributed by atoms with Crippen LogP contribution in [-0.2, 0) is 14.8 Å². The van der Waals surface area contributed by atoms with E-state index in [2.05, 4.69) is 4.90 Å². The Morgan fingerprint density at radius 3 is 2.42 bits per heavy atom. The van der Waals surface area contributed by atoms with E-state index in [0.29, 0.717) is 44.2 Å². The number of sulfonamides is 1. The van der Waals surface area contributed by atoms with E-state index in [4.69, 9.17) is 11.6 Å². The molecule has 3 rings (SSSR count). The fraction of sp³-hybridized carbons (Fsp3) is 0.562. The van der Waals surface area contributed by atoms with Gasteiger partial charge in [-0.25, -0.2) is 8.42 Å². The van der Waals surface area contributed by atoms with E-state index in [0.717, 1.165) is 12.1 Å². The lowest BCUT2D eigenvalue weighted by Crippen LogP contribution is -2.54. The zero-order valence-corrected chi connectivity index (χ0v) is 15.3. The van der Waals surface area contributed by atoms with Crippen molar-refractivity contribution in [3.8, 4) is 0 Å². The minimum Gasteiger partial charge on any atom is -0.367 e. The summed E-state index contributed by atoms with van der Waals surface area (Å²) in [7, 11) is -3.34. The van der Waals surface area contributed by atoms with Gasteiger partial charge in [0.05, 0.1) is 17.0 Å². The molecule has 2 heterocycles. The molecule has 132 valence electrons. The van der Waals surface area contributed by atoms with E-state index in [1.807, 2.05) is 24.3 Å². The van der Waals surface area contributed by atoms with E-state index in [1.54, 1.807) is 4.90 Å². The van der Waals surface area contributed by atoms with E-state index < -0.39 is 16.1 Å². The third kappa shape index (κ3) is 3.53. The summed E-state index contributed by atoms with van der Waals surface area (Å²) in [5.74, 6) is -0.0725. The Bertz CT molecular complexity index is 717. The smallest absolute Gasteiger partial charge is 0.241 e. The molecule has 2 aliphatic heterocycles. The zero-order valence-electron chi connectivity index (χ0n) is 13.7. The molecule has 6 nitrogen and oxygen atoms in total. The molecule has 0 radical (unpaired) electrons. The van der Waals surface area contributed by atoms with Gasteiger partial charge in [0.2, 0.25) is 15.9 Å². The van der Waals surface area contributed by atoms with Crippen molar-refractivity contribution in [2.45, 2.75) is 18.9 Å². The van der Waals surface area contributed by atoms with Crippen LogP contribution in [0, 0.1) is 0 Å². The Kier molecular flexibility index (Phi) is 5.03. The minimum absolute atomic E-state index is 0.0725. The van der Waals surface area contributed by atoms with Crippen LogP contribution >= 0.6 is 11.6 Å². The Morgan fingerprint density at radius 2 is 1.79 bits per heavy atom. The highest BCUT2D eigenvalue weighted by Crippen LogP contribution is 2.27. The molecule has 24 heavy (non-hydrogen) atoms. The van der Waals surface area contributed by atoms with Crippen molar-refractivity contribution in [2.24, 2.45) is 0 Å². The van der Waals surface area contributed by atoms with Gasteiger partial charge in [-0.05, 0) is 25.0 Å². The van der Waals surface area contributed by atoms with Crippen LogP contribution in [0.15, 0.2) is 24.3 Å². The second-order valence-electron chi connectivity index (χ2n) is 6.30. The van der Waals surface area contributed by atoms with Gasteiger partial charge in [-0.15, -0.1) is 0 Å². The van der Waals surface area contributed by atoms with Gasteiger partial charge in [-0.3, -0.25) is 4.79 Å². The molecule has 2 aliphatic rings. The van der Waals surface area contributed by atoms with Crippen LogP contribution in [0.25, 0.3) is 0 Å². The summed E-state index contributed by atoms with van der Waals surface area (Å²) in [6.45, 7) is 2.99. The van der Waals surface area contributed by atoms with E-state index in [-0.39, 0.29) is 5.91 Å². The molecule has 1 aromatic rings. The number of para-hydroxylation sites is 1. The first-order valence-electron chi connectivity index (χ1n) is 8.13. The lowest BCUT2D eigenvalue weighted by atomic mass is 10.1. The molecule has 0 aromatic heterocycles. The number of nitrogens with zero attached hydrogens (tertiary/aromatic N) is 3. The molecule has 1 unspecified atom stereocenters. The predicted molar refractivity (Wildman–Crippen MR) is 94.8 cm³/mol. The Balaban J connectivity index is 1.64. The Labute approximate surface area is 148 Å². The Hall–Kier alpha value is -1.31. The van der Waals surface area contributed by atoms with Crippen molar-refractivity contribution in [2.75, 3.05) is 43.9 Å². The van der Waals surface area contributed by atoms with Crippen molar-refractivity contribution >= 4 is 33.2 Å². The first-order valence-corrected chi connectivity index (χ1v) is 10.4. The summed E-state index contributed by atoms with van der Waals surface area (Å²) < 4.78 is 25.0. The lowest BCUT2D eigenvalue weighted by Gasteiger charge is -2.38. The molecular formula is C16H22ClN3O3S. The number of amides is 1. The number of benzene rings is 1. The van der Waals surface area contributed by atoms with Gasteiger partial charge in [0.25, 0.3) is 0 Å². The molecule has 0 bridgehead atoms. The van der Waals surface area contributed by atoms with Gasteiger partial charge in [0.1, 0.15) is 6.04 Å². The van der Waals surface area contributed by atoms with Crippen molar-refractivity contribution in [1.82, 2.24) is 9.21 Å². The number of anilines is 1. The van der Waals surface area contributed by atoms with Crippen molar-refractivity contribution in [3.05, 3.63) is 29.3 Å². The topological polar surface area (TPSA) is 60.9 Å². The highest BCUT2D eigenvalue weighted by Gasteiger charge is 2.39. The van der Waals surface area contributed by atoms with Gasteiger partial charge < -0.3 is 9.80 Å². The van der Waals surface area contributed by atoms with Crippen LogP contribution in [-0.4, -0.2) is 68.6 Å². The van der Waals surface area contributed by atoms with Gasteiger partial charge in [0, 0.05) is 32.7 Å². The maximum Gasteiger partial charge on any atom is 0.241 e. The monoisotopic (exact) mass is 371 g/mol. The van der Waals surface area contributed by atoms with E-state index in [1.165, 1.54) is 10.6 Å². The number of carbonyl (C=O) groups excluding carboxylic acids is 1. The van der Waals surface area contributed by atoms with Crippen LogP contribution in [0.1, 0.15) is 12.8 Å². The van der Waals surface area contributed by atoms with Crippen LogP contribution < -0.4 is 4.90 Å². The van der Waals surface area contributed by atoms with Gasteiger partial charge in [-0.2, -0.15) is 4.31 Å². The summed E-state index contributed by atoms with van der Waals surface area (Å²) >= 11 is 6.23. The zero-order chi connectivity index (χ0) is 17.3. The maximum atomic E-state index is 12.7. The highest BCUT2D eigenvalue weighted by atomic mass is 35.5. The Morgan fingerprint density at radius 1 is 1.12 bits per heavy atom. The summed E-state index contributed by atoms with van der Waals surface area (Å²) in [5, 5.41) is 0.705. The first kappa shape index (κ1) is 17.5. The fourth-order valence-electron chi connectivity index (χ4n) is 3.47. The van der Waals surface area contributed by atoms with Crippen LogP contribution in [0.3, 0.4) is 0 Å². The van der Waals surface area contributed by atoms with Gasteiger partial charge >= 0.3 is 0 Å². The summed E-state index contributed by atoms with van der Waals surface area (Å²) in [6.07, 6.45) is 2.52. The summed E-state index contributed by atoms with van der Waals surface area (Å²) in [5.41, 5.74) is 0.977. The third-order valence-corrected chi connectivity index (χ3v) is 6.31. The second-order valence-corrected chi connectivity index (χ2v) is 8.64. The number of halogens is 1. The molecule has 0 spiro atoms. The van der Waals surface area contributed by atoms with Crippen LogP contribution in [0.4, 0.5) is 5.69 Å². The standard InChI is InChI=1S/C16H22ClN3O3S/c1-24(22,23)20-8-4-7-15(20)16(21)19-11-9-18(10-12-19)14-6-3-2-5-13(14)17/h2-3,5-6,15H,4,7-12H2,1H3. The highest BCUT2D eigenvalue weighted by molar-refractivity contribution is 7.88. The number of hydrogen-bond acceptors (Lipinski definition) is 4. The quantitative estimate of drug-likeness (QED) is 0.806. The number of piperazine rings is 1. The van der Waals surface area contributed by atoms with Crippen molar-refractivity contribution in [1.29, 1.82) is 0 Å². The largest absolute Gasteiger partial charge is 0.367 e. The second kappa shape index (κ2) is 6.90.